The lowest BCUT2D eigenvalue weighted by Crippen LogP contribution is -2.34. The monoisotopic (exact) mass is 634 g/mol. The van der Waals surface area contributed by atoms with E-state index in [1.807, 2.05) is 32.0 Å². The Bertz CT molecular complexity index is 1750. The van der Waals surface area contributed by atoms with Crippen LogP contribution in [0.5, 0.6) is 0 Å². The minimum Gasteiger partial charge on any atom is -0.478 e. The summed E-state index contributed by atoms with van der Waals surface area (Å²) >= 11 is 0. The van der Waals surface area contributed by atoms with E-state index < -0.39 is 33.5 Å². The Morgan fingerprint density at radius 3 is 2.40 bits per heavy atom. The molecule has 1 aromatic heterocycles. The van der Waals surface area contributed by atoms with Crippen molar-refractivity contribution in [3.8, 4) is 0 Å². The second-order valence-corrected chi connectivity index (χ2v) is 13.2. The van der Waals surface area contributed by atoms with Crippen molar-refractivity contribution in [1.82, 2.24) is 19.3 Å². The third-order valence-electron chi connectivity index (χ3n) is 7.61. The molecule has 0 amide bonds. The highest BCUT2D eigenvalue weighted by atomic mass is 32.2. The van der Waals surface area contributed by atoms with Gasteiger partial charge in [-0.3, -0.25) is 9.48 Å². The van der Waals surface area contributed by atoms with Crippen LogP contribution in [-0.4, -0.2) is 51.9 Å². The molecule has 0 bridgehead atoms. The number of hydrogen-bond acceptors (Lipinski definition) is 8. The minimum atomic E-state index is -4.01. The van der Waals surface area contributed by atoms with Crippen LogP contribution >= 0.6 is 0 Å². The topological polar surface area (TPSA) is 141 Å². The molecule has 1 N–H and O–H groups in total. The van der Waals surface area contributed by atoms with Gasteiger partial charge in [-0.1, -0.05) is 53.7 Å². The van der Waals surface area contributed by atoms with Crippen LogP contribution in [0.2, 0.25) is 0 Å². The summed E-state index contributed by atoms with van der Waals surface area (Å²) in [5.41, 5.74) is 2.23. The molecule has 0 aliphatic rings. The second-order valence-electron chi connectivity index (χ2n) is 11.2. The fourth-order valence-electron chi connectivity index (χ4n) is 5.01. The molecule has 4 aromatic rings. The minimum absolute atomic E-state index is 0.0234. The zero-order valence-electron chi connectivity index (χ0n) is 26.0. The largest absolute Gasteiger partial charge is 0.478 e. The molecule has 4 rings (SSSR count). The van der Waals surface area contributed by atoms with Crippen LogP contribution in [-0.2, 0) is 50.5 Å². The number of carboxylic acid groups (broad SMARTS) is 1. The number of carbonyl (C=O) groups excluding carboxylic acids is 1. The zero-order chi connectivity index (χ0) is 32.8. The van der Waals surface area contributed by atoms with Crippen LogP contribution in [0.25, 0.3) is 0 Å². The van der Waals surface area contributed by atoms with Gasteiger partial charge in [-0.2, -0.15) is 4.31 Å². The molecule has 0 fully saturated rings. The van der Waals surface area contributed by atoms with E-state index in [0.29, 0.717) is 28.9 Å². The van der Waals surface area contributed by atoms with Crippen LogP contribution in [0.3, 0.4) is 0 Å². The SMILES string of the molecule is CCn1cc(COC(c2ccc(C)c(CN(Cc3cccc(C(=O)O)c3)S(=O)(=O)c3ccccc3)c2)C(C)(C)C(=O)OC)nn1. The highest BCUT2D eigenvalue weighted by Gasteiger charge is 2.40. The van der Waals surface area contributed by atoms with E-state index in [1.165, 1.54) is 35.7 Å². The molecule has 0 saturated carbocycles. The van der Waals surface area contributed by atoms with Crippen LogP contribution in [0.1, 0.15) is 65.2 Å². The molecule has 0 saturated heterocycles. The first-order valence-electron chi connectivity index (χ1n) is 14.4. The number of aromatic carboxylic acids is 1. The number of esters is 1. The van der Waals surface area contributed by atoms with Gasteiger partial charge in [-0.25, -0.2) is 13.2 Å². The van der Waals surface area contributed by atoms with E-state index in [-0.39, 0.29) is 30.2 Å². The molecule has 11 nitrogen and oxygen atoms in total. The lowest BCUT2D eigenvalue weighted by atomic mass is 9.81. The van der Waals surface area contributed by atoms with Crippen molar-refractivity contribution in [2.24, 2.45) is 5.41 Å². The highest BCUT2D eigenvalue weighted by molar-refractivity contribution is 7.89. The smallest absolute Gasteiger partial charge is 0.335 e. The summed E-state index contributed by atoms with van der Waals surface area (Å²) < 4.78 is 42.4. The first kappa shape index (κ1) is 33.5. The number of aryl methyl sites for hydroxylation is 2. The maximum Gasteiger partial charge on any atom is 0.335 e. The normalized spacial score (nSPS) is 12.7. The average Bonchev–Trinajstić information content (AvgIpc) is 3.50. The number of aromatic nitrogens is 3. The van der Waals surface area contributed by atoms with Gasteiger partial charge in [-0.15, -0.1) is 5.10 Å². The van der Waals surface area contributed by atoms with Crippen molar-refractivity contribution in [3.05, 3.63) is 113 Å². The van der Waals surface area contributed by atoms with Gasteiger partial charge in [0, 0.05) is 19.6 Å². The number of benzene rings is 3. The Morgan fingerprint density at radius 1 is 1.02 bits per heavy atom. The van der Waals surface area contributed by atoms with E-state index in [9.17, 15) is 23.1 Å². The summed E-state index contributed by atoms with van der Waals surface area (Å²) in [6.45, 7) is 7.92. The molecular weight excluding hydrogens is 596 g/mol. The summed E-state index contributed by atoms with van der Waals surface area (Å²) in [5.74, 6) is -1.58. The van der Waals surface area contributed by atoms with Gasteiger partial charge in [0.25, 0.3) is 0 Å². The first-order valence-corrected chi connectivity index (χ1v) is 15.9. The van der Waals surface area contributed by atoms with Crippen molar-refractivity contribution < 1.29 is 32.6 Å². The quantitative estimate of drug-likeness (QED) is 0.186. The fraction of sp³-hybridized carbons (Fsp3) is 0.333. The molecule has 0 aliphatic carbocycles. The maximum atomic E-state index is 14.0. The predicted molar refractivity (Wildman–Crippen MR) is 166 cm³/mol. The Kier molecular flexibility index (Phi) is 10.5. The number of methoxy groups -OCH3 is 1. The molecule has 45 heavy (non-hydrogen) atoms. The van der Waals surface area contributed by atoms with Gasteiger partial charge in [0.1, 0.15) is 5.69 Å². The summed E-state index contributed by atoms with van der Waals surface area (Å²) in [7, 11) is -2.69. The van der Waals surface area contributed by atoms with E-state index in [0.717, 1.165) is 5.56 Å². The Labute approximate surface area is 263 Å². The summed E-state index contributed by atoms with van der Waals surface area (Å²) in [6.07, 6.45) is 0.997. The van der Waals surface area contributed by atoms with Crippen molar-refractivity contribution in [1.29, 1.82) is 0 Å². The molecule has 3 aromatic carbocycles. The average molecular weight is 635 g/mol. The van der Waals surface area contributed by atoms with Crippen LogP contribution in [0.15, 0.2) is 83.9 Å². The van der Waals surface area contributed by atoms with Crippen LogP contribution in [0.4, 0.5) is 0 Å². The zero-order valence-corrected chi connectivity index (χ0v) is 26.8. The Morgan fingerprint density at radius 2 is 1.76 bits per heavy atom. The van der Waals surface area contributed by atoms with Gasteiger partial charge in [0.05, 0.1) is 41.9 Å². The van der Waals surface area contributed by atoms with Crippen molar-refractivity contribution in [2.75, 3.05) is 7.11 Å². The number of carbonyl (C=O) groups is 2. The Hall–Kier alpha value is -4.39. The van der Waals surface area contributed by atoms with Crippen molar-refractivity contribution in [3.63, 3.8) is 0 Å². The molecule has 0 aliphatic heterocycles. The Balaban J connectivity index is 1.74. The van der Waals surface area contributed by atoms with E-state index in [4.69, 9.17) is 9.47 Å². The van der Waals surface area contributed by atoms with Gasteiger partial charge in [-0.05, 0) is 74.2 Å². The second kappa shape index (κ2) is 14.1. The molecule has 1 unspecified atom stereocenters. The molecule has 1 heterocycles. The molecular formula is C33H38N4O7S. The molecule has 12 heteroatoms. The molecule has 1 atom stereocenters. The summed E-state index contributed by atoms with van der Waals surface area (Å²) in [4.78, 5) is 24.7. The number of sulfonamides is 1. The highest BCUT2D eigenvalue weighted by Crippen LogP contribution is 2.39. The van der Waals surface area contributed by atoms with Crippen molar-refractivity contribution >= 4 is 22.0 Å². The maximum absolute atomic E-state index is 14.0. The lowest BCUT2D eigenvalue weighted by molar-refractivity contribution is -0.162. The van der Waals surface area contributed by atoms with Gasteiger partial charge in [0.15, 0.2) is 0 Å². The van der Waals surface area contributed by atoms with Crippen molar-refractivity contribution in [2.45, 2.75) is 64.9 Å². The third-order valence-corrected chi connectivity index (χ3v) is 9.42. The number of rotatable bonds is 14. The van der Waals surface area contributed by atoms with Gasteiger partial charge < -0.3 is 14.6 Å². The van der Waals surface area contributed by atoms with Crippen LogP contribution < -0.4 is 0 Å². The molecule has 0 radical (unpaired) electrons. The van der Waals surface area contributed by atoms with Gasteiger partial charge >= 0.3 is 11.9 Å². The first-order chi connectivity index (χ1) is 21.4. The van der Waals surface area contributed by atoms with Crippen LogP contribution in [0, 0.1) is 12.3 Å². The standard InChI is InChI=1S/C33H38N4O7S/c1-6-36-21-28(34-35-36)22-44-30(33(3,4)32(40)43-5)25-16-15-23(2)27(18-25)20-37(45(41,42)29-13-8-7-9-14-29)19-24-11-10-12-26(17-24)31(38)39/h7-18,21,30H,6,19-20,22H2,1-5H3,(H,38,39). The van der Waals surface area contributed by atoms with E-state index in [1.54, 1.807) is 55.1 Å². The van der Waals surface area contributed by atoms with Gasteiger partial charge in [0.2, 0.25) is 10.0 Å². The lowest BCUT2D eigenvalue weighted by Gasteiger charge is -2.32. The molecule has 238 valence electrons. The number of carboxylic acids is 1. The number of nitrogens with zero attached hydrogens (tertiary/aromatic N) is 4. The molecule has 0 spiro atoms. The fourth-order valence-corrected chi connectivity index (χ4v) is 6.44. The summed E-state index contributed by atoms with van der Waals surface area (Å²) in [5, 5.41) is 17.7. The number of ether oxygens (including phenoxy) is 2. The number of hydrogen-bond donors (Lipinski definition) is 1. The third kappa shape index (κ3) is 7.83. The predicted octanol–water partition coefficient (Wildman–Crippen LogP) is 5.15. The van der Waals surface area contributed by atoms with E-state index in [2.05, 4.69) is 10.3 Å². The van der Waals surface area contributed by atoms with E-state index >= 15 is 0 Å². The summed E-state index contributed by atoms with van der Waals surface area (Å²) in [6, 6.07) is 19.9.